The van der Waals surface area contributed by atoms with Crippen LogP contribution in [0.4, 0.5) is 0 Å². The fourth-order valence-corrected chi connectivity index (χ4v) is 2.48. The highest BCUT2D eigenvalue weighted by Gasteiger charge is 2.72. The maximum absolute atomic E-state index is 11.8. The molecule has 1 aliphatic heterocycles. The van der Waals surface area contributed by atoms with Crippen LogP contribution in [0.3, 0.4) is 0 Å². The summed E-state index contributed by atoms with van der Waals surface area (Å²) in [4.78, 5) is 24.8. The minimum absolute atomic E-state index is 0.105. The zero-order chi connectivity index (χ0) is 10.7. The van der Waals surface area contributed by atoms with Gasteiger partial charge in [-0.25, -0.2) is 0 Å². The molecule has 0 bridgehead atoms. The van der Waals surface area contributed by atoms with E-state index in [1.165, 1.54) is 4.90 Å². The molecule has 1 heterocycles. The summed E-state index contributed by atoms with van der Waals surface area (Å²) < 4.78 is 0. The van der Waals surface area contributed by atoms with E-state index >= 15 is 0 Å². The zero-order valence-electron chi connectivity index (χ0n) is 8.65. The molecule has 14 heavy (non-hydrogen) atoms. The van der Waals surface area contributed by atoms with Gasteiger partial charge >= 0.3 is 0 Å². The molecule has 0 aromatic carbocycles. The van der Waals surface area contributed by atoms with Crippen molar-refractivity contribution in [2.45, 2.75) is 26.8 Å². The summed E-state index contributed by atoms with van der Waals surface area (Å²) in [5, 5.41) is 8.92. The highest BCUT2D eigenvalue weighted by molar-refractivity contribution is 6.10. The van der Waals surface area contributed by atoms with Gasteiger partial charge in [0.2, 0.25) is 11.8 Å². The third-order valence-electron chi connectivity index (χ3n) is 3.54. The van der Waals surface area contributed by atoms with E-state index in [0.717, 1.165) is 0 Å². The molecule has 0 radical (unpaired) electrons. The fourth-order valence-electron chi connectivity index (χ4n) is 2.48. The van der Waals surface area contributed by atoms with Gasteiger partial charge in [-0.1, -0.05) is 13.8 Å². The molecule has 0 aromatic heterocycles. The minimum Gasteiger partial charge on any atom is -0.394 e. The minimum atomic E-state index is -0.376. The van der Waals surface area contributed by atoms with Crippen molar-refractivity contribution >= 4 is 11.8 Å². The third-order valence-corrected chi connectivity index (χ3v) is 3.54. The molecule has 2 amide bonds. The predicted octanol–water partition coefficient (Wildman–Crippen LogP) is 0.00820. The molecular weight excluding hydrogens is 182 g/mol. The molecule has 78 valence electrons. The Kier molecular flexibility index (Phi) is 1.77. The van der Waals surface area contributed by atoms with Gasteiger partial charge in [-0.05, 0) is 12.3 Å². The molecule has 1 N–H and O–H groups in total. The Labute approximate surface area is 82.9 Å². The number of imide groups is 1. The predicted molar refractivity (Wildman–Crippen MR) is 49.2 cm³/mol. The number of hydrogen-bond donors (Lipinski definition) is 1. The Bertz CT molecular complexity index is 286. The standard InChI is InChI=1S/C10H15NO3/c1-5(4-12)11-8(13)6-7(9(11)14)10(6,2)3/h5-7,12H,4H2,1-3H3/t5-,6?,7?/m1/s1. The first-order chi connectivity index (χ1) is 6.42. The SMILES string of the molecule is C[C@H](CO)N1C(=O)C2C(C1=O)C2(C)C. The number of aliphatic hydroxyl groups is 1. The molecule has 1 saturated carbocycles. The first-order valence-corrected chi connectivity index (χ1v) is 4.90. The van der Waals surface area contributed by atoms with E-state index in [0.29, 0.717) is 0 Å². The maximum Gasteiger partial charge on any atom is 0.234 e. The van der Waals surface area contributed by atoms with Gasteiger partial charge in [0.1, 0.15) is 0 Å². The topological polar surface area (TPSA) is 57.6 Å². The molecule has 4 heteroatoms. The van der Waals surface area contributed by atoms with E-state index in [2.05, 4.69) is 0 Å². The molecule has 2 aliphatic rings. The molecule has 4 nitrogen and oxygen atoms in total. The van der Waals surface area contributed by atoms with E-state index in [1.54, 1.807) is 6.92 Å². The van der Waals surface area contributed by atoms with Crippen molar-refractivity contribution in [2.24, 2.45) is 17.3 Å². The first kappa shape index (κ1) is 9.65. The summed E-state index contributed by atoms with van der Waals surface area (Å²) in [6.07, 6.45) is 0. The van der Waals surface area contributed by atoms with Gasteiger partial charge in [0, 0.05) is 0 Å². The third kappa shape index (κ3) is 0.919. The van der Waals surface area contributed by atoms with Gasteiger partial charge in [-0.15, -0.1) is 0 Å². The molecule has 1 saturated heterocycles. The lowest BCUT2D eigenvalue weighted by Gasteiger charge is -2.25. The maximum atomic E-state index is 11.8. The van der Waals surface area contributed by atoms with Crippen LogP contribution in [-0.4, -0.2) is 34.5 Å². The summed E-state index contributed by atoms with van der Waals surface area (Å²) in [5.74, 6) is -0.480. The van der Waals surface area contributed by atoms with Crippen molar-refractivity contribution in [1.82, 2.24) is 4.90 Å². The zero-order valence-corrected chi connectivity index (χ0v) is 8.65. The molecular formula is C10H15NO3. The lowest BCUT2D eigenvalue weighted by Crippen LogP contribution is -2.44. The quantitative estimate of drug-likeness (QED) is 0.634. The Balaban J connectivity index is 2.22. The van der Waals surface area contributed by atoms with Crippen molar-refractivity contribution in [1.29, 1.82) is 0 Å². The van der Waals surface area contributed by atoms with Crippen LogP contribution in [0.2, 0.25) is 0 Å². The molecule has 0 spiro atoms. The van der Waals surface area contributed by atoms with Crippen LogP contribution in [-0.2, 0) is 9.59 Å². The highest BCUT2D eigenvalue weighted by Crippen LogP contribution is 2.63. The normalized spacial score (nSPS) is 35.9. The van der Waals surface area contributed by atoms with E-state index < -0.39 is 0 Å². The molecule has 2 rings (SSSR count). The number of amides is 2. The second-order valence-corrected chi connectivity index (χ2v) is 4.85. The molecule has 0 aromatic rings. The number of likely N-dealkylation sites (tertiary alicyclic amines) is 1. The number of rotatable bonds is 2. The summed E-state index contributed by atoms with van der Waals surface area (Å²) in [7, 11) is 0. The van der Waals surface area contributed by atoms with Crippen molar-refractivity contribution in [3.63, 3.8) is 0 Å². The van der Waals surface area contributed by atoms with E-state index in [-0.39, 0.29) is 41.7 Å². The summed E-state index contributed by atoms with van der Waals surface area (Å²) >= 11 is 0. The molecule has 2 fully saturated rings. The van der Waals surface area contributed by atoms with Crippen molar-refractivity contribution < 1.29 is 14.7 Å². The van der Waals surface area contributed by atoms with Crippen LogP contribution in [0, 0.1) is 17.3 Å². The number of nitrogens with zero attached hydrogens (tertiary/aromatic N) is 1. The number of carbonyl (C=O) groups is 2. The van der Waals surface area contributed by atoms with Crippen LogP contribution < -0.4 is 0 Å². The first-order valence-electron chi connectivity index (χ1n) is 4.90. The number of fused-ring (bicyclic) bond motifs is 1. The van der Waals surface area contributed by atoms with Crippen LogP contribution >= 0.6 is 0 Å². The van der Waals surface area contributed by atoms with Crippen LogP contribution in [0.1, 0.15) is 20.8 Å². The van der Waals surface area contributed by atoms with Gasteiger partial charge in [0.25, 0.3) is 0 Å². The summed E-state index contributed by atoms with van der Waals surface area (Å²) in [5.41, 5.74) is -0.153. The van der Waals surface area contributed by atoms with Crippen LogP contribution in [0.15, 0.2) is 0 Å². The number of hydrogen-bond acceptors (Lipinski definition) is 3. The van der Waals surface area contributed by atoms with E-state index in [4.69, 9.17) is 5.11 Å². The van der Waals surface area contributed by atoms with Gasteiger partial charge < -0.3 is 5.11 Å². The van der Waals surface area contributed by atoms with Gasteiger partial charge in [-0.2, -0.15) is 0 Å². The molecule has 3 atom stereocenters. The van der Waals surface area contributed by atoms with Gasteiger partial charge in [0.15, 0.2) is 0 Å². The second-order valence-electron chi connectivity index (χ2n) is 4.85. The Morgan fingerprint density at radius 2 is 1.79 bits per heavy atom. The average Bonchev–Trinajstić information content (AvgIpc) is 2.55. The second kappa shape index (κ2) is 2.57. The van der Waals surface area contributed by atoms with E-state index in [1.807, 2.05) is 13.8 Å². The van der Waals surface area contributed by atoms with E-state index in [9.17, 15) is 9.59 Å². The van der Waals surface area contributed by atoms with Crippen molar-refractivity contribution in [3.8, 4) is 0 Å². The number of carbonyl (C=O) groups excluding carboxylic acids is 2. The Morgan fingerprint density at radius 1 is 1.36 bits per heavy atom. The van der Waals surface area contributed by atoms with Crippen LogP contribution in [0.5, 0.6) is 0 Å². The fraction of sp³-hybridized carbons (Fsp3) is 0.800. The van der Waals surface area contributed by atoms with Gasteiger partial charge in [0.05, 0.1) is 24.5 Å². The summed E-state index contributed by atoms with van der Waals surface area (Å²) in [6.45, 7) is 5.42. The van der Waals surface area contributed by atoms with Crippen LogP contribution in [0.25, 0.3) is 0 Å². The monoisotopic (exact) mass is 197 g/mol. The highest BCUT2D eigenvalue weighted by atomic mass is 16.3. The Hall–Kier alpha value is -0.900. The smallest absolute Gasteiger partial charge is 0.234 e. The molecule has 2 unspecified atom stereocenters. The Morgan fingerprint density at radius 3 is 2.14 bits per heavy atom. The summed E-state index contributed by atoms with van der Waals surface area (Å²) in [6, 6.07) is -0.376. The van der Waals surface area contributed by atoms with Gasteiger partial charge in [-0.3, -0.25) is 14.5 Å². The largest absolute Gasteiger partial charge is 0.394 e. The lowest BCUT2D eigenvalue weighted by molar-refractivity contribution is -0.146. The van der Waals surface area contributed by atoms with Crippen molar-refractivity contribution in [2.75, 3.05) is 6.61 Å². The molecule has 1 aliphatic carbocycles. The average molecular weight is 197 g/mol. The lowest BCUT2D eigenvalue weighted by atomic mass is 10.0. The number of piperidine rings is 1. The van der Waals surface area contributed by atoms with Crippen molar-refractivity contribution in [3.05, 3.63) is 0 Å². The number of aliphatic hydroxyl groups excluding tert-OH is 1.